The first-order chi connectivity index (χ1) is 8.64. The molecule has 3 aliphatic rings. The molecule has 0 aliphatic heterocycles. The SMILES string of the molecule is CC1C=CC2=CC=CC3=CC=C(C(=O)O)C=CC231. The van der Waals surface area contributed by atoms with E-state index in [0.29, 0.717) is 11.5 Å². The van der Waals surface area contributed by atoms with E-state index >= 15 is 0 Å². The highest BCUT2D eigenvalue weighted by Crippen LogP contribution is 2.52. The smallest absolute Gasteiger partial charge is 0.335 e. The van der Waals surface area contributed by atoms with Crippen molar-refractivity contribution in [2.24, 2.45) is 11.3 Å². The van der Waals surface area contributed by atoms with Crippen LogP contribution in [0.2, 0.25) is 0 Å². The van der Waals surface area contributed by atoms with E-state index in [1.54, 1.807) is 12.2 Å². The van der Waals surface area contributed by atoms with E-state index in [4.69, 9.17) is 5.11 Å². The monoisotopic (exact) mass is 238 g/mol. The van der Waals surface area contributed by atoms with Gasteiger partial charge in [-0.2, -0.15) is 0 Å². The zero-order valence-electron chi connectivity index (χ0n) is 10.1. The van der Waals surface area contributed by atoms with E-state index in [0.717, 1.165) is 5.57 Å². The van der Waals surface area contributed by atoms with Gasteiger partial charge in [-0.1, -0.05) is 55.5 Å². The molecule has 2 nitrogen and oxygen atoms in total. The Kier molecular flexibility index (Phi) is 2.27. The van der Waals surface area contributed by atoms with Gasteiger partial charge < -0.3 is 5.11 Å². The molecule has 1 N–H and O–H groups in total. The Morgan fingerprint density at radius 3 is 2.72 bits per heavy atom. The van der Waals surface area contributed by atoms with Gasteiger partial charge in [-0.15, -0.1) is 0 Å². The summed E-state index contributed by atoms with van der Waals surface area (Å²) in [5.74, 6) is -0.538. The van der Waals surface area contributed by atoms with E-state index in [-0.39, 0.29) is 5.41 Å². The molecule has 0 saturated heterocycles. The van der Waals surface area contributed by atoms with Gasteiger partial charge in [0.15, 0.2) is 0 Å². The molecule has 1 spiro atoms. The van der Waals surface area contributed by atoms with Crippen molar-refractivity contribution in [3.8, 4) is 0 Å². The van der Waals surface area contributed by atoms with Crippen molar-refractivity contribution < 1.29 is 9.90 Å². The summed E-state index contributed by atoms with van der Waals surface area (Å²) in [7, 11) is 0. The lowest BCUT2D eigenvalue weighted by molar-refractivity contribution is -0.132. The van der Waals surface area contributed by atoms with Crippen LogP contribution in [0, 0.1) is 11.3 Å². The van der Waals surface area contributed by atoms with Crippen LogP contribution in [0.3, 0.4) is 0 Å². The first-order valence-electron chi connectivity index (χ1n) is 6.06. The van der Waals surface area contributed by atoms with Crippen molar-refractivity contribution in [3.05, 3.63) is 71.4 Å². The first-order valence-corrected chi connectivity index (χ1v) is 6.06. The molecule has 2 heteroatoms. The van der Waals surface area contributed by atoms with Crippen LogP contribution in [-0.4, -0.2) is 11.1 Å². The van der Waals surface area contributed by atoms with E-state index in [1.165, 1.54) is 5.57 Å². The average molecular weight is 238 g/mol. The van der Waals surface area contributed by atoms with Crippen molar-refractivity contribution >= 4 is 5.97 Å². The standard InChI is InChI=1S/C16H14O2/c1-11-5-7-13-3-2-4-14-8-6-12(15(17)18)9-10-16(11,13)14/h2-11H,1H3,(H,17,18). The van der Waals surface area contributed by atoms with E-state index in [1.807, 2.05) is 18.2 Å². The molecule has 2 unspecified atom stereocenters. The molecule has 0 saturated carbocycles. The van der Waals surface area contributed by atoms with Crippen molar-refractivity contribution in [3.63, 3.8) is 0 Å². The molecule has 0 fully saturated rings. The molecule has 18 heavy (non-hydrogen) atoms. The number of hydrogen-bond donors (Lipinski definition) is 1. The topological polar surface area (TPSA) is 37.3 Å². The van der Waals surface area contributed by atoms with Crippen LogP contribution in [0.1, 0.15) is 6.92 Å². The fraction of sp³-hybridized carbons (Fsp3) is 0.188. The zero-order chi connectivity index (χ0) is 12.8. The van der Waals surface area contributed by atoms with Gasteiger partial charge in [0, 0.05) is 5.41 Å². The minimum absolute atomic E-state index is 0.178. The molecule has 0 bridgehead atoms. The zero-order valence-corrected chi connectivity index (χ0v) is 10.1. The summed E-state index contributed by atoms with van der Waals surface area (Å²) in [5.41, 5.74) is 2.55. The van der Waals surface area contributed by atoms with Crippen LogP contribution < -0.4 is 0 Å². The molecule has 0 aromatic heterocycles. The summed E-state index contributed by atoms with van der Waals surface area (Å²) in [6.07, 6.45) is 17.9. The van der Waals surface area contributed by atoms with Gasteiger partial charge in [0.25, 0.3) is 0 Å². The van der Waals surface area contributed by atoms with Crippen LogP contribution in [0.4, 0.5) is 0 Å². The van der Waals surface area contributed by atoms with Gasteiger partial charge in [-0.25, -0.2) is 4.79 Å². The van der Waals surface area contributed by atoms with Gasteiger partial charge in [-0.05, 0) is 23.1 Å². The highest BCUT2D eigenvalue weighted by atomic mass is 16.4. The lowest BCUT2D eigenvalue weighted by Crippen LogP contribution is -2.27. The summed E-state index contributed by atoms with van der Waals surface area (Å²) in [4.78, 5) is 11.1. The van der Waals surface area contributed by atoms with Crippen molar-refractivity contribution in [2.45, 2.75) is 6.92 Å². The van der Waals surface area contributed by atoms with E-state index < -0.39 is 5.97 Å². The first kappa shape index (κ1) is 11.0. The molecule has 3 rings (SSSR count). The summed E-state index contributed by atoms with van der Waals surface area (Å²) >= 11 is 0. The molecular formula is C16H14O2. The van der Waals surface area contributed by atoms with E-state index in [9.17, 15) is 4.79 Å². The van der Waals surface area contributed by atoms with Crippen LogP contribution in [0.5, 0.6) is 0 Å². The van der Waals surface area contributed by atoms with Gasteiger partial charge in [0.05, 0.1) is 5.57 Å². The minimum atomic E-state index is -0.883. The molecular weight excluding hydrogens is 224 g/mol. The van der Waals surface area contributed by atoms with Crippen LogP contribution in [0.25, 0.3) is 0 Å². The number of aliphatic carboxylic acids is 1. The summed E-state index contributed by atoms with van der Waals surface area (Å²) in [6, 6.07) is 0. The molecule has 0 amide bonds. The molecule has 0 radical (unpaired) electrons. The van der Waals surface area contributed by atoms with E-state index in [2.05, 4.69) is 31.2 Å². The average Bonchev–Trinajstić information content (AvgIpc) is 2.58. The highest BCUT2D eigenvalue weighted by Gasteiger charge is 2.42. The lowest BCUT2D eigenvalue weighted by atomic mass is 9.67. The second-order valence-electron chi connectivity index (χ2n) is 4.88. The fourth-order valence-electron chi connectivity index (χ4n) is 2.95. The third-order valence-electron chi connectivity index (χ3n) is 4.00. The fourth-order valence-corrected chi connectivity index (χ4v) is 2.95. The Labute approximate surface area is 106 Å². The number of carboxylic acid groups (broad SMARTS) is 1. The maximum atomic E-state index is 11.1. The van der Waals surface area contributed by atoms with Gasteiger partial charge >= 0.3 is 5.97 Å². The summed E-state index contributed by atoms with van der Waals surface area (Å²) in [6.45, 7) is 2.17. The number of carbonyl (C=O) groups is 1. The highest BCUT2D eigenvalue weighted by molar-refractivity contribution is 5.90. The molecule has 0 heterocycles. The second-order valence-corrected chi connectivity index (χ2v) is 4.88. The maximum absolute atomic E-state index is 11.1. The largest absolute Gasteiger partial charge is 0.478 e. The summed E-state index contributed by atoms with van der Waals surface area (Å²) in [5, 5.41) is 9.10. The Balaban J connectivity index is 2.18. The van der Waals surface area contributed by atoms with Crippen LogP contribution in [0.15, 0.2) is 71.4 Å². The number of allylic oxidation sites excluding steroid dienone is 10. The predicted molar refractivity (Wildman–Crippen MR) is 70.9 cm³/mol. The van der Waals surface area contributed by atoms with Gasteiger partial charge in [0.2, 0.25) is 0 Å². The maximum Gasteiger partial charge on any atom is 0.335 e. The second kappa shape index (κ2) is 3.70. The third kappa shape index (κ3) is 1.32. The predicted octanol–water partition coefficient (Wildman–Crippen LogP) is 3.18. The van der Waals surface area contributed by atoms with Crippen molar-refractivity contribution in [2.75, 3.05) is 0 Å². The molecule has 0 aromatic carbocycles. The third-order valence-corrected chi connectivity index (χ3v) is 4.00. The Hall–Kier alpha value is -2.09. The van der Waals surface area contributed by atoms with Crippen LogP contribution >= 0.6 is 0 Å². The van der Waals surface area contributed by atoms with Gasteiger partial charge in [-0.3, -0.25) is 0 Å². The lowest BCUT2D eigenvalue weighted by Gasteiger charge is -2.35. The van der Waals surface area contributed by atoms with Crippen molar-refractivity contribution in [1.82, 2.24) is 0 Å². The number of hydrogen-bond acceptors (Lipinski definition) is 1. The summed E-state index contributed by atoms with van der Waals surface area (Å²) < 4.78 is 0. The Bertz CT molecular complexity index is 597. The number of rotatable bonds is 1. The molecule has 2 atom stereocenters. The quantitative estimate of drug-likeness (QED) is 0.761. The van der Waals surface area contributed by atoms with Gasteiger partial charge in [0.1, 0.15) is 0 Å². The minimum Gasteiger partial charge on any atom is -0.478 e. The molecule has 3 aliphatic carbocycles. The van der Waals surface area contributed by atoms with Crippen molar-refractivity contribution in [1.29, 1.82) is 0 Å². The Morgan fingerprint density at radius 2 is 1.94 bits per heavy atom. The molecule has 90 valence electrons. The van der Waals surface area contributed by atoms with Crippen LogP contribution in [-0.2, 0) is 4.79 Å². The Morgan fingerprint density at radius 1 is 1.17 bits per heavy atom. The normalized spacial score (nSPS) is 32.1. The molecule has 0 aromatic rings. The number of carboxylic acids is 1.